The summed E-state index contributed by atoms with van der Waals surface area (Å²) in [6.07, 6.45) is 4.94. The van der Waals surface area contributed by atoms with Gasteiger partial charge in [-0.1, -0.05) is 6.42 Å². The van der Waals surface area contributed by atoms with Gasteiger partial charge in [-0.25, -0.2) is 4.98 Å². The summed E-state index contributed by atoms with van der Waals surface area (Å²) in [6.45, 7) is 3.61. The first-order chi connectivity index (χ1) is 8.69. The van der Waals surface area contributed by atoms with Gasteiger partial charge in [-0.2, -0.15) is 0 Å². The van der Waals surface area contributed by atoms with Gasteiger partial charge in [-0.05, 0) is 48.2 Å². The predicted octanol–water partition coefficient (Wildman–Crippen LogP) is 1.49. The second-order valence-electron chi connectivity index (χ2n) is 4.65. The van der Waals surface area contributed by atoms with E-state index < -0.39 is 0 Å². The van der Waals surface area contributed by atoms with Crippen molar-refractivity contribution in [2.24, 2.45) is 11.7 Å². The Morgan fingerprint density at radius 3 is 3.06 bits per heavy atom. The molecule has 2 rings (SSSR count). The summed E-state index contributed by atoms with van der Waals surface area (Å²) in [5.41, 5.74) is 5.70. The highest BCUT2D eigenvalue weighted by atomic mass is 79.9. The lowest BCUT2D eigenvalue weighted by molar-refractivity contribution is 0.458. The maximum Gasteiger partial charge on any atom is 0.267 e. The van der Waals surface area contributed by atoms with Gasteiger partial charge in [0.05, 0.1) is 6.33 Å². The summed E-state index contributed by atoms with van der Waals surface area (Å²) in [4.78, 5) is 20.7. The largest absolute Gasteiger partial charge is 0.352 e. The Kier molecular flexibility index (Phi) is 4.40. The molecular formula is C12H19BrN4O. The molecule has 0 saturated heterocycles. The van der Waals surface area contributed by atoms with Crippen molar-refractivity contribution >= 4 is 21.7 Å². The first kappa shape index (κ1) is 13.5. The molecule has 5 nitrogen and oxygen atoms in total. The van der Waals surface area contributed by atoms with E-state index in [9.17, 15) is 4.79 Å². The summed E-state index contributed by atoms with van der Waals surface area (Å²) >= 11 is 3.33. The van der Waals surface area contributed by atoms with Crippen LogP contribution in [0.5, 0.6) is 0 Å². The van der Waals surface area contributed by atoms with E-state index in [0.717, 1.165) is 18.8 Å². The number of nitrogens with zero attached hydrogens (tertiary/aromatic N) is 2. The van der Waals surface area contributed by atoms with E-state index in [4.69, 9.17) is 5.73 Å². The van der Waals surface area contributed by atoms with Crippen LogP contribution in [0.25, 0.3) is 0 Å². The van der Waals surface area contributed by atoms with Gasteiger partial charge in [0.25, 0.3) is 5.56 Å². The van der Waals surface area contributed by atoms with E-state index in [2.05, 4.69) is 37.7 Å². The minimum absolute atomic E-state index is 0.138. The zero-order valence-electron chi connectivity index (χ0n) is 10.5. The number of H-pyrrole nitrogens is 1. The van der Waals surface area contributed by atoms with Gasteiger partial charge >= 0.3 is 0 Å². The molecular weight excluding hydrogens is 296 g/mol. The number of anilines is 1. The van der Waals surface area contributed by atoms with Crippen molar-refractivity contribution in [1.82, 2.24) is 9.97 Å². The van der Waals surface area contributed by atoms with Crippen molar-refractivity contribution < 1.29 is 0 Å². The van der Waals surface area contributed by atoms with Crippen molar-refractivity contribution in [3.05, 3.63) is 21.2 Å². The molecule has 0 radical (unpaired) electrons. The molecule has 1 saturated carbocycles. The fraction of sp³-hybridized carbons (Fsp3) is 0.667. The van der Waals surface area contributed by atoms with Crippen LogP contribution in [-0.4, -0.2) is 29.1 Å². The highest BCUT2D eigenvalue weighted by Gasteiger charge is 2.32. The van der Waals surface area contributed by atoms with Crippen molar-refractivity contribution in [2.45, 2.75) is 32.2 Å². The van der Waals surface area contributed by atoms with E-state index >= 15 is 0 Å². The molecule has 1 heterocycles. The molecule has 1 aliphatic carbocycles. The number of hydrogen-bond donors (Lipinski definition) is 2. The molecule has 0 bridgehead atoms. The fourth-order valence-corrected chi connectivity index (χ4v) is 3.26. The number of aromatic amines is 1. The van der Waals surface area contributed by atoms with Crippen LogP contribution in [0.3, 0.4) is 0 Å². The molecule has 2 unspecified atom stereocenters. The molecule has 3 N–H and O–H groups in total. The average Bonchev–Trinajstić information content (AvgIpc) is 2.83. The average molecular weight is 315 g/mol. The Morgan fingerprint density at radius 2 is 2.39 bits per heavy atom. The number of halogens is 1. The first-order valence-corrected chi connectivity index (χ1v) is 7.18. The zero-order valence-corrected chi connectivity index (χ0v) is 12.1. The van der Waals surface area contributed by atoms with Crippen molar-refractivity contribution in [3.8, 4) is 0 Å². The second-order valence-corrected chi connectivity index (χ2v) is 5.44. The zero-order chi connectivity index (χ0) is 13.1. The summed E-state index contributed by atoms with van der Waals surface area (Å²) in [5, 5.41) is 0. The van der Waals surface area contributed by atoms with Crippen LogP contribution in [0.1, 0.15) is 26.2 Å². The van der Waals surface area contributed by atoms with Gasteiger partial charge in [0.1, 0.15) is 4.47 Å². The SMILES string of the molecule is CCN(c1nc[nH]c(=O)c1Br)C1CCCC1CN. The molecule has 1 aromatic rings. The Labute approximate surface area is 115 Å². The highest BCUT2D eigenvalue weighted by molar-refractivity contribution is 9.10. The quantitative estimate of drug-likeness (QED) is 0.883. The standard InChI is InChI=1S/C12H19BrN4O/c1-2-17(9-5-3-4-8(9)6-14)11-10(13)12(18)16-7-15-11/h7-9H,2-6,14H2,1H3,(H,15,16,18). The lowest BCUT2D eigenvalue weighted by atomic mass is 10.0. The van der Waals surface area contributed by atoms with Gasteiger partial charge in [-0.15, -0.1) is 0 Å². The minimum atomic E-state index is -0.138. The summed E-state index contributed by atoms with van der Waals surface area (Å²) in [7, 11) is 0. The Hall–Kier alpha value is -0.880. The van der Waals surface area contributed by atoms with Crippen LogP contribution in [0.4, 0.5) is 5.82 Å². The van der Waals surface area contributed by atoms with E-state index in [1.165, 1.54) is 19.2 Å². The smallest absolute Gasteiger partial charge is 0.267 e. The number of rotatable bonds is 4. The normalized spacial score (nSPS) is 23.3. The van der Waals surface area contributed by atoms with E-state index in [-0.39, 0.29) is 5.56 Å². The predicted molar refractivity (Wildman–Crippen MR) is 75.8 cm³/mol. The summed E-state index contributed by atoms with van der Waals surface area (Å²) in [5.74, 6) is 1.23. The monoisotopic (exact) mass is 314 g/mol. The number of hydrogen-bond acceptors (Lipinski definition) is 4. The lowest BCUT2D eigenvalue weighted by Gasteiger charge is -2.33. The Morgan fingerprint density at radius 1 is 1.61 bits per heavy atom. The molecule has 0 spiro atoms. The second kappa shape index (κ2) is 5.84. The number of nitrogens with two attached hydrogens (primary N) is 1. The van der Waals surface area contributed by atoms with Gasteiger partial charge in [0.2, 0.25) is 0 Å². The third-order valence-corrected chi connectivity index (χ3v) is 4.43. The Balaban J connectivity index is 2.33. The highest BCUT2D eigenvalue weighted by Crippen LogP contribution is 2.33. The van der Waals surface area contributed by atoms with Gasteiger partial charge in [0.15, 0.2) is 5.82 Å². The molecule has 0 aromatic carbocycles. The van der Waals surface area contributed by atoms with Gasteiger partial charge < -0.3 is 15.6 Å². The van der Waals surface area contributed by atoms with E-state index in [1.807, 2.05) is 0 Å². The third-order valence-electron chi connectivity index (χ3n) is 3.71. The molecule has 1 aromatic heterocycles. The molecule has 1 aliphatic rings. The van der Waals surface area contributed by atoms with Crippen LogP contribution >= 0.6 is 15.9 Å². The maximum absolute atomic E-state index is 11.6. The molecule has 1 fully saturated rings. The molecule has 6 heteroatoms. The molecule has 2 atom stereocenters. The molecule has 18 heavy (non-hydrogen) atoms. The third kappa shape index (κ3) is 2.44. The Bertz CT molecular complexity index is 462. The van der Waals surface area contributed by atoms with E-state index in [1.54, 1.807) is 0 Å². The van der Waals surface area contributed by atoms with Crippen molar-refractivity contribution in [3.63, 3.8) is 0 Å². The van der Waals surface area contributed by atoms with Gasteiger partial charge in [0, 0.05) is 12.6 Å². The lowest BCUT2D eigenvalue weighted by Crippen LogP contribution is -2.41. The number of aromatic nitrogens is 2. The molecule has 0 amide bonds. The van der Waals surface area contributed by atoms with Crippen LogP contribution in [-0.2, 0) is 0 Å². The van der Waals surface area contributed by atoms with Crippen LogP contribution in [0.15, 0.2) is 15.6 Å². The van der Waals surface area contributed by atoms with Crippen LogP contribution < -0.4 is 16.2 Å². The molecule has 0 aliphatic heterocycles. The van der Waals surface area contributed by atoms with Gasteiger partial charge in [-0.3, -0.25) is 4.79 Å². The maximum atomic E-state index is 11.6. The molecule has 100 valence electrons. The number of nitrogens with one attached hydrogen (secondary N) is 1. The topological polar surface area (TPSA) is 75.0 Å². The van der Waals surface area contributed by atoms with E-state index in [0.29, 0.717) is 23.0 Å². The minimum Gasteiger partial charge on any atom is -0.352 e. The van der Waals surface area contributed by atoms with Crippen molar-refractivity contribution in [2.75, 3.05) is 18.0 Å². The summed E-state index contributed by atoms with van der Waals surface area (Å²) < 4.78 is 0.509. The van der Waals surface area contributed by atoms with Crippen LogP contribution in [0, 0.1) is 5.92 Å². The fourth-order valence-electron chi connectivity index (χ4n) is 2.82. The van der Waals surface area contributed by atoms with Crippen LogP contribution in [0.2, 0.25) is 0 Å². The summed E-state index contributed by atoms with van der Waals surface area (Å²) in [6, 6.07) is 0.394. The first-order valence-electron chi connectivity index (χ1n) is 6.39. The van der Waals surface area contributed by atoms with Crippen molar-refractivity contribution in [1.29, 1.82) is 0 Å².